The quantitative estimate of drug-likeness (QED) is 0.764. The zero-order chi connectivity index (χ0) is 18.1. The van der Waals surface area contributed by atoms with Crippen molar-refractivity contribution < 1.29 is 4.79 Å². The van der Waals surface area contributed by atoms with Crippen LogP contribution in [0.4, 0.5) is 0 Å². The molecule has 0 radical (unpaired) electrons. The predicted molar refractivity (Wildman–Crippen MR) is 97.7 cm³/mol. The van der Waals surface area contributed by atoms with Crippen molar-refractivity contribution in [1.29, 1.82) is 0 Å². The predicted octanol–water partition coefficient (Wildman–Crippen LogP) is 2.56. The number of hydrogen-bond donors (Lipinski definition) is 0. The smallest absolute Gasteiger partial charge is 0.224 e. The van der Waals surface area contributed by atoms with Gasteiger partial charge < -0.3 is 9.47 Å². The van der Waals surface area contributed by atoms with Crippen LogP contribution in [0.15, 0.2) is 18.6 Å². The molecule has 4 rings (SSSR count). The van der Waals surface area contributed by atoms with E-state index in [-0.39, 0.29) is 11.9 Å². The Morgan fingerprint density at radius 2 is 2.15 bits per heavy atom. The van der Waals surface area contributed by atoms with Gasteiger partial charge in [0.25, 0.3) is 0 Å². The van der Waals surface area contributed by atoms with E-state index in [2.05, 4.69) is 39.9 Å². The summed E-state index contributed by atoms with van der Waals surface area (Å²) in [4.78, 5) is 19.2. The molecule has 2 aliphatic rings. The number of imidazole rings is 1. The van der Waals surface area contributed by atoms with Gasteiger partial charge in [-0.05, 0) is 25.7 Å². The van der Waals surface area contributed by atoms with E-state index >= 15 is 0 Å². The van der Waals surface area contributed by atoms with E-state index in [1.54, 1.807) is 0 Å². The molecule has 1 saturated carbocycles. The SMILES string of the molecule is CC(C)c1nccn1CCC(=O)N1CCC[C@H]1Cn1cc(C2CC2)nn1. The Morgan fingerprint density at radius 1 is 1.31 bits per heavy atom. The van der Waals surface area contributed by atoms with E-state index in [4.69, 9.17) is 0 Å². The van der Waals surface area contributed by atoms with Crippen LogP contribution in [0.5, 0.6) is 0 Å². The van der Waals surface area contributed by atoms with E-state index in [9.17, 15) is 4.79 Å². The van der Waals surface area contributed by atoms with Gasteiger partial charge in [0, 0.05) is 49.9 Å². The van der Waals surface area contributed by atoms with E-state index in [1.807, 2.05) is 22.0 Å². The third-order valence-corrected chi connectivity index (χ3v) is 5.48. The molecule has 7 nitrogen and oxygen atoms in total. The molecular formula is C19H28N6O. The molecule has 0 aromatic carbocycles. The largest absolute Gasteiger partial charge is 0.338 e. The van der Waals surface area contributed by atoms with Crippen LogP contribution in [-0.4, -0.2) is 47.9 Å². The number of rotatable bonds is 7. The Labute approximate surface area is 154 Å². The van der Waals surface area contributed by atoms with Crippen molar-refractivity contribution in [3.8, 4) is 0 Å². The Morgan fingerprint density at radius 3 is 2.92 bits per heavy atom. The number of aryl methyl sites for hydroxylation is 1. The molecule has 0 bridgehead atoms. The van der Waals surface area contributed by atoms with Gasteiger partial charge in [-0.2, -0.15) is 0 Å². The Hall–Kier alpha value is -2.18. The van der Waals surface area contributed by atoms with Gasteiger partial charge in [0.1, 0.15) is 5.82 Å². The summed E-state index contributed by atoms with van der Waals surface area (Å²) in [6.45, 7) is 6.57. The highest BCUT2D eigenvalue weighted by Crippen LogP contribution is 2.38. The van der Waals surface area contributed by atoms with E-state index in [0.29, 0.717) is 24.8 Å². The van der Waals surface area contributed by atoms with E-state index < -0.39 is 0 Å². The number of nitrogens with zero attached hydrogens (tertiary/aromatic N) is 6. The zero-order valence-electron chi connectivity index (χ0n) is 15.7. The van der Waals surface area contributed by atoms with Crippen LogP contribution in [0.1, 0.15) is 69.3 Å². The molecule has 1 aliphatic carbocycles. The maximum Gasteiger partial charge on any atom is 0.224 e. The summed E-state index contributed by atoms with van der Waals surface area (Å²) in [5.41, 5.74) is 1.11. The van der Waals surface area contributed by atoms with Crippen molar-refractivity contribution in [2.24, 2.45) is 0 Å². The Kier molecular flexibility index (Phi) is 4.78. The number of carbonyl (C=O) groups excluding carboxylic acids is 1. The van der Waals surface area contributed by atoms with Gasteiger partial charge in [0.15, 0.2) is 0 Å². The summed E-state index contributed by atoms with van der Waals surface area (Å²) in [5, 5.41) is 8.55. The molecule has 1 atom stereocenters. The van der Waals surface area contributed by atoms with E-state index in [1.165, 1.54) is 12.8 Å². The minimum absolute atomic E-state index is 0.235. The monoisotopic (exact) mass is 356 g/mol. The van der Waals surface area contributed by atoms with Crippen molar-refractivity contribution in [1.82, 2.24) is 29.4 Å². The molecule has 2 aromatic heterocycles. The second-order valence-corrected chi connectivity index (χ2v) is 7.91. The Balaban J connectivity index is 1.34. The van der Waals surface area contributed by atoms with Crippen LogP contribution >= 0.6 is 0 Å². The zero-order valence-corrected chi connectivity index (χ0v) is 15.7. The van der Waals surface area contributed by atoms with Gasteiger partial charge in [0.05, 0.1) is 18.3 Å². The lowest BCUT2D eigenvalue weighted by Gasteiger charge is -2.25. The van der Waals surface area contributed by atoms with Crippen molar-refractivity contribution in [3.63, 3.8) is 0 Å². The van der Waals surface area contributed by atoms with E-state index in [0.717, 1.165) is 37.4 Å². The highest BCUT2D eigenvalue weighted by atomic mass is 16.2. The minimum Gasteiger partial charge on any atom is -0.338 e. The highest BCUT2D eigenvalue weighted by Gasteiger charge is 2.30. The van der Waals surface area contributed by atoms with Crippen LogP contribution in [0.25, 0.3) is 0 Å². The molecule has 3 heterocycles. The standard InChI is InChI=1S/C19H28N6O/c1-14(2)19-20-8-11-23(19)10-7-18(26)25-9-3-4-16(25)12-24-13-17(21-22-24)15-5-6-15/h8,11,13-16H,3-7,9-10,12H2,1-2H3/t16-/m0/s1. The normalized spacial score (nSPS) is 20.3. The van der Waals surface area contributed by atoms with Gasteiger partial charge in [0.2, 0.25) is 5.91 Å². The molecule has 2 aromatic rings. The fourth-order valence-electron chi connectivity index (χ4n) is 3.91. The van der Waals surface area contributed by atoms with Gasteiger partial charge in [-0.3, -0.25) is 9.48 Å². The molecule has 0 spiro atoms. The van der Waals surface area contributed by atoms with Crippen LogP contribution in [0.2, 0.25) is 0 Å². The minimum atomic E-state index is 0.235. The summed E-state index contributed by atoms with van der Waals surface area (Å²) in [7, 11) is 0. The lowest BCUT2D eigenvalue weighted by molar-refractivity contribution is -0.132. The van der Waals surface area contributed by atoms with Gasteiger partial charge in [-0.25, -0.2) is 4.98 Å². The summed E-state index contributed by atoms with van der Waals surface area (Å²) >= 11 is 0. The van der Waals surface area contributed by atoms with Crippen molar-refractivity contribution in [3.05, 3.63) is 30.1 Å². The summed E-state index contributed by atoms with van der Waals surface area (Å²) < 4.78 is 4.03. The first-order valence-corrected chi connectivity index (χ1v) is 9.82. The lowest BCUT2D eigenvalue weighted by Crippen LogP contribution is -2.38. The van der Waals surface area contributed by atoms with Crippen molar-refractivity contribution >= 4 is 5.91 Å². The molecule has 1 amide bonds. The summed E-state index contributed by atoms with van der Waals surface area (Å²) in [5.74, 6) is 2.27. The Bertz CT molecular complexity index is 760. The number of hydrogen-bond acceptors (Lipinski definition) is 4. The molecular weight excluding hydrogens is 328 g/mol. The number of likely N-dealkylation sites (tertiary alicyclic amines) is 1. The lowest BCUT2D eigenvalue weighted by atomic mass is 10.2. The molecule has 140 valence electrons. The van der Waals surface area contributed by atoms with Crippen LogP contribution in [0, 0.1) is 0 Å². The second kappa shape index (κ2) is 7.21. The summed E-state index contributed by atoms with van der Waals surface area (Å²) in [6.07, 6.45) is 11.0. The van der Waals surface area contributed by atoms with Crippen LogP contribution in [-0.2, 0) is 17.9 Å². The number of amides is 1. The maximum absolute atomic E-state index is 12.8. The van der Waals surface area contributed by atoms with Crippen LogP contribution < -0.4 is 0 Å². The third-order valence-electron chi connectivity index (χ3n) is 5.48. The van der Waals surface area contributed by atoms with Gasteiger partial charge in [-0.1, -0.05) is 19.1 Å². The summed E-state index contributed by atoms with van der Waals surface area (Å²) in [6, 6.07) is 0.239. The maximum atomic E-state index is 12.8. The van der Waals surface area contributed by atoms with Crippen molar-refractivity contribution in [2.75, 3.05) is 6.54 Å². The second-order valence-electron chi connectivity index (χ2n) is 7.91. The molecule has 2 fully saturated rings. The third kappa shape index (κ3) is 3.66. The molecule has 1 aliphatic heterocycles. The molecule has 26 heavy (non-hydrogen) atoms. The topological polar surface area (TPSA) is 68.8 Å². The number of aromatic nitrogens is 5. The highest BCUT2D eigenvalue weighted by molar-refractivity contribution is 5.76. The fraction of sp³-hybridized carbons (Fsp3) is 0.684. The molecule has 7 heteroatoms. The first-order chi connectivity index (χ1) is 12.6. The first kappa shape index (κ1) is 17.2. The van der Waals surface area contributed by atoms with Gasteiger partial charge in [-0.15, -0.1) is 5.10 Å². The molecule has 1 saturated heterocycles. The first-order valence-electron chi connectivity index (χ1n) is 9.82. The molecule has 0 unspecified atom stereocenters. The molecule has 0 N–H and O–H groups in total. The average molecular weight is 356 g/mol. The average Bonchev–Trinajstić information content (AvgIpc) is 3.04. The fourth-order valence-corrected chi connectivity index (χ4v) is 3.91. The van der Waals surface area contributed by atoms with Crippen molar-refractivity contribution in [2.45, 2.75) is 76.9 Å². The number of carbonyl (C=O) groups is 1. The van der Waals surface area contributed by atoms with Gasteiger partial charge >= 0.3 is 0 Å². The van der Waals surface area contributed by atoms with Crippen LogP contribution in [0.3, 0.4) is 0 Å².